The highest BCUT2D eigenvalue weighted by atomic mass is 32.1. The normalized spacial score (nSPS) is 13.8. The van der Waals surface area contributed by atoms with Crippen LogP contribution < -0.4 is 38.1 Å². The molecule has 4 unspecified atom stereocenters. The molecule has 0 radical (unpaired) electrons. The monoisotopic (exact) mass is 536 g/mol. The lowest BCUT2D eigenvalue weighted by Crippen LogP contribution is -2.56. The van der Waals surface area contributed by atoms with Gasteiger partial charge in [0.05, 0.1) is 25.6 Å². The van der Waals surface area contributed by atoms with Gasteiger partial charge in [0.25, 0.3) is 0 Å². The number of aliphatic carboxylic acids is 2. The average molecular weight is 537 g/mol. The van der Waals surface area contributed by atoms with Crippen molar-refractivity contribution in [3.05, 3.63) is 0 Å². The van der Waals surface area contributed by atoms with Gasteiger partial charge in [-0.05, 0) is 12.8 Å². The lowest BCUT2D eigenvalue weighted by atomic mass is 10.1. The number of carbonyl (C=O) groups excluding carboxylic acids is 4. The Balaban J connectivity index is 5.15. The number of carboxylic acids is 2. The van der Waals surface area contributed by atoms with E-state index < -0.39 is 79.3 Å². The maximum absolute atomic E-state index is 12.6. The molecule has 0 aliphatic rings. The summed E-state index contributed by atoms with van der Waals surface area (Å²) in [5, 5.41) is 45.1. The molecular weight excluding hydrogens is 504 g/mol. The minimum absolute atomic E-state index is 0.000513. The SMILES string of the molecule is N=C(N)NCCCC(NC(=O)C(N)CS)C(=O)NCC(=O)NC(CC(=O)O)C(=O)NC(CO)C(=O)O. The summed E-state index contributed by atoms with van der Waals surface area (Å²) in [5.41, 5.74) is 10.8. The zero-order chi connectivity index (χ0) is 27.8. The first kappa shape index (κ1) is 32.4. The number of carboxylic acid groups (broad SMARTS) is 2. The molecule has 0 aromatic heterocycles. The minimum Gasteiger partial charge on any atom is -0.481 e. The van der Waals surface area contributed by atoms with Crippen LogP contribution in [0.4, 0.5) is 0 Å². The summed E-state index contributed by atoms with van der Waals surface area (Å²) in [6.45, 7) is -1.48. The second-order valence-electron chi connectivity index (χ2n) is 7.35. The summed E-state index contributed by atoms with van der Waals surface area (Å²) in [5.74, 6) is -7.00. The summed E-state index contributed by atoms with van der Waals surface area (Å²) in [7, 11) is 0. The maximum atomic E-state index is 12.6. The number of carbonyl (C=O) groups is 6. The molecule has 17 nitrogen and oxygen atoms in total. The number of hydrogen-bond acceptors (Lipinski definition) is 10. The van der Waals surface area contributed by atoms with Crippen LogP contribution in [0.1, 0.15) is 19.3 Å². The van der Waals surface area contributed by atoms with Gasteiger partial charge in [0, 0.05) is 12.3 Å². The molecule has 18 heteroatoms. The van der Waals surface area contributed by atoms with Crippen LogP contribution in [0, 0.1) is 5.41 Å². The molecule has 13 N–H and O–H groups in total. The van der Waals surface area contributed by atoms with Crippen LogP contribution in [0.25, 0.3) is 0 Å². The van der Waals surface area contributed by atoms with Gasteiger partial charge >= 0.3 is 11.9 Å². The van der Waals surface area contributed by atoms with Crippen molar-refractivity contribution < 1.29 is 44.1 Å². The molecule has 0 aromatic carbocycles. The topological polar surface area (TPSA) is 299 Å². The highest BCUT2D eigenvalue weighted by Crippen LogP contribution is 2.00. The van der Waals surface area contributed by atoms with Crippen LogP contribution in [0.3, 0.4) is 0 Å². The quantitative estimate of drug-likeness (QED) is 0.0359. The Kier molecular flexibility index (Phi) is 15.2. The van der Waals surface area contributed by atoms with Crippen LogP contribution in [0.2, 0.25) is 0 Å². The zero-order valence-corrected chi connectivity index (χ0v) is 20.0. The molecule has 0 fully saturated rings. The van der Waals surface area contributed by atoms with Crippen LogP contribution in [-0.2, 0) is 28.8 Å². The highest BCUT2D eigenvalue weighted by Gasteiger charge is 2.29. The van der Waals surface area contributed by atoms with Crippen molar-refractivity contribution in [2.45, 2.75) is 43.4 Å². The number of amides is 4. The molecule has 0 aromatic rings. The van der Waals surface area contributed by atoms with Crippen molar-refractivity contribution in [2.24, 2.45) is 11.5 Å². The van der Waals surface area contributed by atoms with E-state index in [4.69, 9.17) is 32.2 Å². The molecule has 4 atom stereocenters. The van der Waals surface area contributed by atoms with Gasteiger partial charge in [-0.1, -0.05) is 0 Å². The van der Waals surface area contributed by atoms with Crippen LogP contribution in [0.5, 0.6) is 0 Å². The maximum Gasteiger partial charge on any atom is 0.328 e. The summed E-state index contributed by atoms with van der Waals surface area (Å²) in [4.78, 5) is 71.1. The van der Waals surface area contributed by atoms with Crippen molar-refractivity contribution in [1.82, 2.24) is 26.6 Å². The van der Waals surface area contributed by atoms with Crippen molar-refractivity contribution in [1.29, 1.82) is 5.41 Å². The fourth-order valence-corrected chi connectivity index (χ4v) is 2.70. The van der Waals surface area contributed by atoms with Gasteiger partial charge in [-0.25, -0.2) is 4.79 Å². The predicted octanol–water partition coefficient (Wildman–Crippen LogP) is -5.37. The summed E-state index contributed by atoms with van der Waals surface area (Å²) in [6.07, 6.45) is -0.552. The third kappa shape index (κ3) is 13.3. The second-order valence-corrected chi connectivity index (χ2v) is 7.72. The van der Waals surface area contributed by atoms with Gasteiger partial charge in [-0.3, -0.25) is 29.4 Å². The van der Waals surface area contributed by atoms with Gasteiger partial charge in [-0.2, -0.15) is 12.6 Å². The minimum atomic E-state index is -1.73. The molecule has 0 saturated heterocycles. The summed E-state index contributed by atoms with van der Waals surface area (Å²) < 4.78 is 0. The molecule has 0 rings (SSSR count). The van der Waals surface area contributed by atoms with E-state index in [1.54, 1.807) is 0 Å². The van der Waals surface area contributed by atoms with Crippen LogP contribution >= 0.6 is 12.6 Å². The number of thiol groups is 1. The van der Waals surface area contributed by atoms with Crippen molar-refractivity contribution in [3.63, 3.8) is 0 Å². The Bertz CT molecular complexity index is 828. The third-order valence-electron chi connectivity index (χ3n) is 4.40. The van der Waals surface area contributed by atoms with E-state index in [-0.39, 0.29) is 31.1 Å². The number of guanidine groups is 1. The van der Waals surface area contributed by atoms with E-state index in [2.05, 4.69) is 33.9 Å². The van der Waals surface area contributed by atoms with E-state index in [9.17, 15) is 28.8 Å². The molecule has 0 heterocycles. The van der Waals surface area contributed by atoms with Gasteiger partial charge in [0.2, 0.25) is 23.6 Å². The fourth-order valence-electron chi connectivity index (χ4n) is 2.54. The van der Waals surface area contributed by atoms with E-state index in [0.717, 1.165) is 0 Å². The fraction of sp³-hybridized carbons (Fsp3) is 0.611. The molecule has 0 saturated carbocycles. The van der Waals surface area contributed by atoms with Gasteiger partial charge in [0.15, 0.2) is 5.96 Å². The van der Waals surface area contributed by atoms with E-state index >= 15 is 0 Å². The number of nitrogens with one attached hydrogen (secondary N) is 6. The predicted molar refractivity (Wildman–Crippen MR) is 127 cm³/mol. The standard InChI is InChI=1S/C18H32N8O9S/c19-8(7-36)14(31)25-9(2-1-3-22-18(20)21)15(32)23-5-12(28)24-10(4-13(29)30)16(33)26-11(6-27)17(34)35/h8-11,27,36H,1-7,19H2,(H,23,32)(H,24,28)(H,25,31)(H,26,33)(H,29,30)(H,34,35)(H4,20,21,22). The Labute approximate surface area is 211 Å². The van der Waals surface area contributed by atoms with E-state index in [1.807, 2.05) is 5.32 Å². The van der Waals surface area contributed by atoms with Crippen LogP contribution in [0.15, 0.2) is 0 Å². The van der Waals surface area contributed by atoms with Gasteiger partial charge < -0.3 is 53.4 Å². The number of nitrogens with two attached hydrogens (primary N) is 2. The van der Waals surface area contributed by atoms with Crippen molar-refractivity contribution in [2.75, 3.05) is 25.4 Å². The molecule has 204 valence electrons. The molecular formula is C18H32N8O9S. The largest absolute Gasteiger partial charge is 0.481 e. The number of hydrogen-bond donors (Lipinski definition) is 12. The third-order valence-corrected chi connectivity index (χ3v) is 4.80. The second kappa shape index (κ2) is 16.9. The molecule has 0 spiro atoms. The lowest BCUT2D eigenvalue weighted by molar-refractivity contribution is -0.144. The molecule has 0 bridgehead atoms. The highest BCUT2D eigenvalue weighted by molar-refractivity contribution is 7.80. The van der Waals surface area contributed by atoms with E-state index in [0.29, 0.717) is 0 Å². The smallest absolute Gasteiger partial charge is 0.328 e. The van der Waals surface area contributed by atoms with Gasteiger partial charge in [-0.15, -0.1) is 0 Å². The first-order valence-electron chi connectivity index (χ1n) is 10.5. The number of rotatable bonds is 17. The summed E-state index contributed by atoms with van der Waals surface area (Å²) >= 11 is 3.91. The molecule has 0 aliphatic carbocycles. The van der Waals surface area contributed by atoms with Crippen molar-refractivity contribution in [3.8, 4) is 0 Å². The Morgan fingerprint density at radius 2 is 1.50 bits per heavy atom. The molecule has 0 aliphatic heterocycles. The lowest BCUT2D eigenvalue weighted by Gasteiger charge is -2.21. The molecule has 4 amide bonds. The Hall–Kier alpha value is -3.64. The van der Waals surface area contributed by atoms with Gasteiger partial charge in [0.1, 0.15) is 18.1 Å². The molecule has 36 heavy (non-hydrogen) atoms. The average Bonchev–Trinajstić information content (AvgIpc) is 2.80. The van der Waals surface area contributed by atoms with Crippen LogP contribution in [-0.4, -0.2) is 106 Å². The Morgan fingerprint density at radius 3 is 2.00 bits per heavy atom. The number of aliphatic hydroxyl groups excluding tert-OH is 1. The number of aliphatic hydroxyl groups is 1. The first-order valence-corrected chi connectivity index (χ1v) is 11.1. The Morgan fingerprint density at radius 1 is 0.889 bits per heavy atom. The van der Waals surface area contributed by atoms with E-state index in [1.165, 1.54) is 0 Å². The first-order chi connectivity index (χ1) is 16.8. The van der Waals surface area contributed by atoms with Crippen molar-refractivity contribution >= 4 is 54.2 Å². The zero-order valence-electron chi connectivity index (χ0n) is 19.2. The summed E-state index contributed by atoms with van der Waals surface area (Å²) in [6, 6.07) is -5.58.